The van der Waals surface area contributed by atoms with Crippen molar-refractivity contribution in [1.29, 1.82) is 0 Å². The van der Waals surface area contributed by atoms with E-state index < -0.39 is 22.1 Å². The van der Waals surface area contributed by atoms with Crippen molar-refractivity contribution in [2.45, 2.75) is 20.0 Å². The van der Waals surface area contributed by atoms with Gasteiger partial charge in [0.05, 0.1) is 15.6 Å². The zero-order valence-electron chi connectivity index (χ0n) is 11.1. The summed E-state index contributed by atoms with van der Waals surface area (Å²) in [6.45, 7) is 2.05. The molecule has 0 saturated heterocycles. The molecule has 0 aliphatic carbocycles. The summed E-state index contributed by atoms with van der Waals surface area (Å²) in [6, 6.07) is 3.91. The van der Waals surface area contributed by atoms with Crippen molar-refractivity contribution in [3.8, 4) is 5.75 Å². The number of benzene rings is 1. The fraction of sp³-hybridized carbons (Fsp3) is 0.231. The number of ether oxygens (including phenoxy) is 1. The summed E-state index contributed by atoms with van der Waals surface area (Å²) < 4.78 is 5.39. The predicted molar refractivity (Wildman–Crippen MR) is 75.9 cm³/mol. The third-order valence-corrected chi connectivity index (χ3v) is 3.73. The Morgan fingerprint density at radius 1 is 1.52 bits per heavy atom. The van der Waals surface area contributed by atoms with Crippen LogP contribution in [0.15, 0.2) is 23.6 Å². The number of thiazole rings is 1. The van der Waals surface area contributed by atoms with Crippen LogP contribution < -0.4 is 4.74 Å². The van der Waals surface area contributed by atoms with Crippen LogP contribution in [-0.2, 0) is 13.0 Å². The van der Waals surface area contributed by atoms with E-state index in [2.05, 4.69) is 4.98 Å². The Balaban J connectivity index is 2.25. The molecule has 0 bridgehead atoms. The van der Waals surface area contributed by atoms with Gasteiger partial charge in [0.15, 0.2) is 5.56 Å². The van der Waals surface area contributed by atoms with E-state index in [0.29, 0.717) is 5.69 Å². The highest BCUT2D eigenvalue weighted by molar-refractivity contribution is 7.09. The lowest BCUT2D eigenvalue weighted by atomic mass is 10.1. The average Bonchev–Trinajstić information content (AvgIpc) is 2.92. The van der Waals surface area contributed by atoms with Crippen molar-refractivity contribution in [2.75, 3.05) is 0 Å². The van der Waals surface area contributed by atoms with Gasteiger partial charge in [-0.2, -0.15) is 0 Å². The maximum atomic E-state index is 11.2. The minimum atomic E-state index is -1.40. The van der Waals surface area contributed by atoms with Gasteiger partial charge >= 0.3 is 5.97 Å². The smallest absolute Gasteiger partial charge is 0.346 e. The van der Waals surface area contributed by atoms with Gasteiger partial charge in [0.2, 0.25) is 0 Å². The molecule has 0 atom stereocenters. The molecule has 1 aromatic heterocycles. The van der Waals surface area contributed by atoms with E-state index in [1.54, 1.807) is 0 Å². The molecule has 0 radical (unpaired) electrons. The van der Waals surface area contributed by atoms with Crippen LogP contribution in [0.1, 0.15) is 28.0 Å². The Labute approximate surface area is 124 Å². The number of nitrogens with zero attached hydrogens (tertiary/aromatic N) is 2. The summed E-state index contributed by atoms with van der Waals surface area (Å²) >= 11 is 1.49. The molecule has 110 valence electrons. The van der Waals surface area contributed by atoms with E-state index in [1.165, 1.54) is 23.5 Å². The third-order valence-electron chi connectivity index (χ3n) is 2.69. The summed E-state index contributed by atoms with van der Waals surface area (Å²) in [6.07, 6.45) is 0.807. The van der Waals surface area contributed by atoms with E-state index >= 15 is 0 Å². The van der Waals surface area contributed by atoms with Crippen molar-refractivity contribution in [2.24, 2.45) is 0 Å². The van der Waals surface area contributed by atoms with E-state index in [1.807, 2.05) is 12.3 Å². The Morgan fingerprint density at radius 3 is 2.86 bits per heavy atom. The first-order valence-electron chi connectivity index (χ1n) is 6.09. The fourth-order valence-electron chi connectivity index (χ4n) is 1.74. The number of aryl methyl sites for hydroxylation is 1. The SMILES string of the molecule is CCc1nc(COc2cccc([N+](=O)[O-])c2C(=O)O)cs1. The van der Waals surface area contributed by atoms with E-state index in [-0.39, 0.29) is 12.4 Å². The first-order chi connectivity index (χ1) is 10.0. The highest BCUT2D eigenvalue weighted by Gasteiger charge is 2.24. The second kappa shape index (κ2) is 6.31. The molecule has 1 N–H and O–H groups in total. The molecule has 0 saturated carbocycles. The van der Waals surface area contributed by atoms with Crippen LogP contribution in [0.2, 0.25) is 0 Å². The normalized spacial score (nSPS) is 10.3. The van der Waals surface area contributed by atoms with Crippen LogP contribution in [0, 0.1) is 10.1 Å². The molecule has 0 aliphatic rings. The van der Waals surface area contributed by atoms with Gasteiger partial charge in [-0.3, -0.25) is 10.1 Å². The van der Waals surface area contributed by atoms with Gasteiger partial charge < -0.3 is 9.84 Å². The molecule has 0 spiro atoms. The zero-order valence-corrected chi connectivity index (χ0v) is 11.9. The summed E-state index contributed by atoms with van der Waals surface area (Å²) in [7, 11) is 0. The lowest BCUT2D eigenvalue weighted by Crippen LogP contribution is -2.07. The van der Waals surface area contributed by atoms with E-state index in [4.69, 9.17) is 9.84 Å². The molecule has 0 fully saturated rings. The highest BCUT2D eigenvalue weighted by atomic mass is 32.1. The number of nitro benzene ring substituents is 1. The van der Waals surface area contributed by atoms with Gasteiger partial charge in [0.25, 0.3) is 5.69 Å². The highest BCUT2D eigenvalue weighted by Crippen LogP contribution is 2.29. The van der Waals surface area contributed by atoms with Gasteiger partial charge in [0, 0.05) is 11.4 Å². The summed E-state index contributed by atoms with van der Waals surface area (Å²) in [5.74, 6) is -1.44. The zero-order chi connectivity index (χ0) is 15.4. The van der Waals surface area contributed by atoms with Crippen molar-refractivity contribution < 1.29 is 19.6 Å². The molecule has 8 heteroatoms. The quantitative estimate of drug-likeness (QED) is 0.650. The number of hydrogen-bond donors (Lipinski definition) is 1. The molecule has 21 heavy (non-hydrogen) atoms. The van der Waals surface area contributed by atoms with Crippen LogP contribution in [0.4, 0.5) is 5.69 Å². The first-order valence-corrected chi connectivity index (χ1v) is 6.97. The van der Waals surface area contributed by atoms with Crippen LogP contribution in [0.25, 0.3) is 0 Å². The molecule has 0 unspecified atom stereocenters. The van der Waals surface area contributed by atoms with Crippen molar-refractivity contribution in [3.63, 3.8) is 0 Å². The molecule has 0 amide bonds. The van der Waals surface area contributed by atoms with Crippen molar-refractivity contribution in [1.82, 2.24) is 4.98 Å². The van der Waals surface area contributed by atoms with Gasteiger partial charge in [-0.25, -0.2) is 9.78 Å². The van der Waals surface area contributed by atoms with Gasteiger partial charge in [-0.15, -0.1) is 11.3 Å². The molecule has 1 heterocycles. The molecular weight excluding hydrogens is 296 g/mol. The number of carboxylic acid groups (broad SMARTS) is 1. The predicted octanol–water partition coefficient (Wildman–Crippen LogP) is 2.89. The lowest BCUT2D eigenvalue weighted by molar-refractivity contribution is -0.385. The molecule has 1 aromatic carbocycles. The molecule has 2 aromatic rings. The first kappa shape index (κ1) is 14.9. The fourth-order valence-corrected chi connectivity index (χ4v) is 2.47. The van der Waals surface area contributed by atoms with Gasteiger partial charge in [-0.1, -0.05) is 13.0 Å². The second-order valence-corrected chi connectivity index (χ2v) is 5.03. The lowest BCUT2D eigenvalue weighted by Gasteiger charge is -2.08. The van der Waals surface area contributed by atoms with Crippen LogP contribution in [0.3, 0.4) is 0 Å². The number of aromatic carboxylic acids is 1. The molecule has 0 aliphatic heterocycles. The maximum absolute atomic E-state index is 11.2. The Hall–Kier alpha value is -2.48. The minimum Gasteiger partial charge on any atom is -0.486 e. The Bertz CT molecular complexity index is 683. The van der Waals surface area contributed by atoms with E-state index in [0.717, 1.165) is 17.5 Å². The Morgan fingerprint density at radius 2 is 2.29 bits per heavy atom. The standard InChI is InChI=1S/C13H12N2O5S/c1-2-11-14-8(7-21-11)6-20-10-5-3-4-9(15(18)19)12(10)13(16)17/h3-5,7H,2,6H2,1H3,(H,16,17). The Kier molecular flexibility index (Phi) is 4.49. The number of rotatable bonds is 6. The number of nitro groups is 1. The third kappa shape index (κ3) is 3.34. The van der Waals surface area contributed by atoms with Crippen LogP contribution >= 0.6 is 11.3 Å². The molecule has 7 nitrogen and oxygen atoms in total. The summed E-state index contributed by atoms with van der Waals surface area (Å²) in [5.41, 5.74) is -0.277. The maximum Gasteiger partial charge on any atom is 0.346 e. The van der Waals surface area contributed by atoms with Gasteiger partial charge in [0.1, 0.15) is 12.4 Å². The number of hydrogen-bond acceptors (Lipinski definition) is 6. The minimum absolute atomic E-state index is 0.0391. The largest absolute Gasteiger partial charge is 0.486 e. The second-order valence-electron chi connectivity index (χ2n) is 4.09. The van der Waals surface area contributed by atoms with Gasteiger partial charge in [-0.05, 0) is 12.5 Å². The monoisotopic (exact) mass is 308 g/mol. The van der Waals surface area contributed by atoms with Crippen LogP contribution in [0.5, 0.6) is 5.75 Å². The summed E-state index contributed by atoms with van der Waals surface area (Å²) in [4.78, 5) is 25.6. The molecule has 2 rings (SSSR count). The average molecular weight is 308 g/mol. The number of aromatic nitrogens is 1. The van der Waals surface area contributed by atoms with Crippen molar-refractivity contribution in [3.05, 3.63) is 50.0 Å². The summed E-state index contributed by atoms with van der Waals surface area (Å²) in [5, 5.41) is 22.8. The van der Waals surface area contributed by atoms with Crippen molar-refractivity contribution >= 4 is 23.0 Å². The van der Waals surface area contributed by atoms with Crippen LogP contribution in [-0.4, -0.2) is 21.0 Å². The van der Waals surface area contributed by atoms with E-state index in [9.17, 15) is 14.9 Å². The number of carbonyl (C=O) groups is 1. The molecular formula is C13H12N2O5S. The topological polar surface area (TPSA) is 103 Å². The number of carboxylic acids is 1.